The van der Waals surface area contributed by atoms with E-state index in [9.17, 15) is 9.59 Å². The fourth-order valence-electron chi connectivity index (χ4n) is 4.54. The van der Waals surface area contributed by atoms with Gasteiger partial charge in [0.25, 0.3) is 5.91 Å². The summed E-state index contributed by atoms with van der Waals surface area (Å²) in [5.74, 6) is 0.294. The highest BCUT2D eigenvalue weighted by Gasteiger charge is 2.34. The van der Waals surface area contributed by atoms with Crippen LogP contribution in [0.15, 0.2) is 72.1 Å². The molecular weight excluding hydrogens is 494 g/mol. The van der Waals surface area contributed by atoms with E-state index in [-0.39, 0.29) is 23.7 Å². The van der Waals surface area contributed by atoms with Crippen molar-refractivity contribution in [1.29, 1.82) is 0 Å². The van der Waals surface area contributed by atoms with Crippen LogP contribution in [0.1, 0.15) is 34.3 Å². The number of hydrogen-bond donors (Lipinski definition) is 2. The normalized spacial score (nSPS) is 16.3. The summed E-state index contributed by atoms with van der Waals surface area (Å²) in [5.41, 5.74) is 5.00. The average Bonchev–Trinajstić information content (AvgIpc) is 3.49. The second-order valence-corrected chi connectivity index (χ2v) is 9.97. The molecule has 2 atom stereocenters. The van der Waals surface area contributed by atoms with Crippen LogP contribution in [0.25, 0.3) is 11.3 Å². The minimum absolute atomic E-state index is 0.0223. The number of hydrogen-bond acceptors (Lipinski definition) is 5. The molecule has 1 aliphatic rings. The molecule has 0 aliphatic heterocycles. The Morgan fingerprint density at radius 1 is 1.06 bits per heavy atom. The molecule has 1 heterocycles. The van der Waals surface area contributed by atoms with E-state index in [4.69, 9.17) is 16.3 Å². The van der Waals surface area contributed by atoms with Crippen molar-refractivity contribution >= 4 is 45.6 Å². The van der Waals surface area contributed by atoms with E-state index >= 15 is 0 Å². The van der Waals surface area contributed by atoms with E-state index in [0.717, 1.165) is 12.0 Å². The Hall–Kier alpha value is -3.68. The summed E-state index contributed by atoms with van der Waals surface area (Å²) in [7, 11) is 1.54. The number of anilines is 2. The number of methoxy groups -OCH3 is 1. The number of aromatic nitrogens is 1. The zero-order valence-electron chi connectivity index (χ0n) is 19.7. The topological polar surface area (TPSA) is 80.3 Å². The molecule has 0 bridgehead atoms. The monoisotopic (exact) mass is 517 g/mol. The first-order chi connectivity index (χ1) is 17.4. The maximum atomic E-state index is 13.0. The van der Waals surface area contributed by atoms with Crippen molar-refractivity contribution in [1.82, 2.24) is 4.98 Å². The minimum Gasteiger partial charge on any atom is -0.495 e. The number of carbonyl (C=O) groups excluding carboxylic acids is 2. The van der Waals surface area contributed by atoms with E-state index in [1.54, 1.807) is 36.4 Å². The van der Waals surface area contributed by atoms with E-state index in [2.05, 4.69) is 34.7 Å². The molecule has 8 heteroatoms. The predicted molar refractivity (Wildman–Crippen MR) is 144 cm³/mol. The lowest BCUT2D eigenvalue weighted by Crippen LogP contribution is -2.25. The number of amides is 2. The highest BCUT2D eigenvalue weighted by Crippen LogP contribution is 2.38. The van der Waals surface area contributed by atoms with Gasteiger partial charge in [0, 0.05) is 28.1 Å². The number of ether oxygens (including phenoxy) is 1. The first-order valence-electron chi connectivity index (χ1n) is 11.5. The smallest absolute Gasteiger partial charge is 0.255 e. The highest BCUT2D eigenvalue weighted by atomic mass is 35.5. The number of fused-ring (bicyclic) bond motifs is 1. The predicted octanol–water partition coefficient (Wildman–Crippen LogP) is 6.64. The third-order valence-corrected chi connectivity index (χ3v) is 7.54. The van der Waals surface area contributed by atoms with Crippen molar-refractivity contribution in [3.63, 3.8) is 0 Å². The van der Waals surface area contributed by atoms with Gasteiger partial charge in [-0.1, -0.05) is 54.9 Å². The minimum atomic E-state index is -0.267. The molecule has 0 saturated heterocycles. The molecule has 4 aromatic rings. The molecule has 0 saturated carbocycles. The molecule has 36 heavy (non-hydrogen) atoms. The van der Waals surface area contributed by atoms with Gasteiger partial charge >= 0.3 is 0 Å². The largest absolute Gasteiger partial charge is 0.495 e. The summed E-state index contributed by atoms with van der Waals surface area (Å²) in [6.07, 6.45) is 0.734. The Morgan fingerprint density at radius 3 is 2.67 bits per heavy atom. The molecule has 0 fully saturated rings. The number of nitrogens with one attached hydrogen (secondary N) is 2. The summed E-state index contributed by atoms with van der Waals surface area (Å²) < 4.78 is 5.15. The molecule has 1 aliphatic carbocycles. The molecule has 1 aromatic heterocycles. The quantitative estimate of drug-likeness (QED) is 0.300. The fourth-order valence-corrected chi connectivity index (χ4v) is 5.52. The third kappa shape index (κ3) is 4.85. The standard InChI is InChI=1S/C28H24ClN3O3S/c1-16-21-9-4-3-6-17(21)13-22(16)27(34)32-28-31-24(15-36-28)18-7-5-8-19(12-18)26(33)30-20-10-11-25(35-2)23(29)14-20/h3-12,14-16,22H,13H2,1-2H3,(H,30,33)(H,31,32,34)/t16-,22+/m1/s1. The van der Waals surface area contributed by atoms with Gasteiger partial charge in [-0.15, -0.1) is 11.3 Å². The van der Waals surface area contributed by atoms with E-state index < -0.39 is 0 Å². The summed E-state index contributed by atoms with van der Waals surface area (Å²) in [6.45, 7) is 2.10. The Balaban J connectivity index is 1.27. The van der Waals surface area contributed by atoms with E-state index in [1.165, 1.54) is 29.6 Å². The molecule has 2 amide bonds. The second kappa shape index (κ2) is 10.1. The average molecular weight is 518 g/mol. The van der Waals surface area contributed by atoms with Gasteiger partial charge in [0.15, 0.2) is 5.13 Å². The molecular formula is C28H24ClN3O3S. The van der Waals surface area contributed by atoms with Gasteiger partial charge in [-0.2, -0.15) is 0 Å². The van der Waals surface area contributed by atoms with Gasteiger partial charge in [-0.05, 0) is 53.8 Å². The number of benzene rings is 3. The Labute approximate surface area is 218 Å². The number of nitrogens with zero attached hydrogens (tertiary/aromatic N) is 1. The number of carbonyl (C=O) groups is 2. The summed E-state index contributed by atoms with van der Waals surface area (Å²) >= 11 is 7.53. The van der Waals surface area contributed by atoms with E-state index in [0.29, 0.717) is 32.8 Å². The molecule has 0 spiro atoms. The zero-order chi connectivity index (χ0) is 25.2. The van der Waals surface area contributed by atoms with Crippen LogP contribution >= 0.6 is 22.9 Å². The molecule has 0 unspecified atom stereocenters. The van der Waals surface area contributed by atoms with E-state index in [1.807, 2.05) is 23.6 Å². The van der Waals surface area contributed by atoms with Crippen molar-refractivity contribution in [2.24, 2.45) is 5.92 Å². The first kappa shape index (κ1) is 24.0. The van der Waals surface area contributed by atoms with Crippen LogP contribution in [0.5, 0.6) is 5.75 Å². The van der Waals surface area contributed by atoms with Crippen LogP contribution in [-0.4, -0.2) is 23.9 Å². The van der Waals surface area contributed by atoms with Gasteiger partial charge < -0.3 is 15.4 Å². The summed E-state index contributed by atoms with van der Waals surface area (Å²) in [4.78, 5) is 30.4. The fraction of sp³-hybridized carbons (Fsp3) is 0.179. The summed E-state index contributed by atoms with van der Waals surface area (Å²) in [5, 5.41) is 8.67. The van der Waals surface area contributed by atoms with Crippen LogP contribution in [0.2, 0.25) is 5.02 Å². The van der Waals surface area contributed by atoms with Crippen molar-refractivity contribution in [3.8, 4) is 17.0 Å². The molecule has 182 valence electrons. The molecule has 0 radical (unpaired) electrons. The number of thiazole rings is 1. The lowest BCUT2D eigenvalue weighted by atomic mass is 9.94. The summed E-state index contributed by atoms with van der Waals surface area (Å²) in [6, 6.07) is 20.5. The van der Waals surface area contributed by atoms with Crippen LogP contribution in [0.4, 0.5) is 10.8 Å². The molecule has 2 N–H and O–H groups in total. The Bertz CT molecular complexity index is 1450. The van der Waals surface area contributed by atoms with Crippen molar-refractivity contribution < 1.29 is 14.3 Å². The maximum absolute atomic E-state index is 13.0. The van der Waals surface area contributed by atoms with Gasteiger partial charge in [0.05, 0.1) is 17.8 Å². The maximum Gasteiger partial charge on any atom is 0.255 e. The third-order valence-electron chi connectivity index (χ3n) is 6.49. The number of rotatable bonds is 6. The van der Waals surface area contributed by atoms with Gasteiger partial charge in [-0.25, -0.2) is 4.98 Å². The Kier molecular flexibility index (Phi) is 6.76. The lowest BCUT2D eigenvalue weighted by molar-refractivity contribution is -0.120. The van der Waals surface area contributed by atoms with Crippen LogP contribution in [-0.2, 0) is 11.2 Å². The Morgan fingerprint density at radius 2 is 1.89 bits per heavy atom. The molecule has 5 rings (SSSR count). The van der Waals surface area contributed by atoms with Crippen molar-refractivity contribution in [2.75, 3.05) is 17.7 Å². The van der Waals surface area contributed by atoms with Gasteiger partial charge in [-0.3, -0.25) is 9.59 Å². The lowest BCUT2D eigenvalue weighted by Gasteiger charge is -2.14. The van der Waals surface area contributed by atoms with Crippen LogP contribution in [0, 0.1) is 5.92 Å². The zero-order valence-corrected chi connectivity index (χ0v) is 21.3. The molecule has 6 nitrogen and oxygen atoms in total. The first-order valence-corrected chi connectivity index (χ1v) is 12.8. The van der Waals surface area contributed by atoms with Crippen molar-refractivity contribution in [3.05, 3.63) is 93.8 Å². The van der Waals surface area contributed by atoms with Crippen LogP contribution in [0.3, 0.4) is 0 Å². The van der Waals surface area contributed by atoms with Gasteiger partial charge in [0.1, 0.15) is 5.75 Å². The SMILES string of the molecule is COc1ccc(NC(=O)c2cccc(-c3csc(NC(=O)[C@H]4Cc5ccccc5[C@H]4C)n3)c2)cc1Cl. The van der Waals surface area contributed by atoms with Crippen LogP contribution < -0.4 is 15.4 Å². The van der Waals surface area contributed by atoms with Crippen molar-refractivity contribution in [2.45, 2.75) is 19.3 Å². The van der Waals surface area contributed by atoms with Gasteiger partial charge in [0.2, 0.25) is 5.91 Å². The second-order valence-electron chi connectivity index (χ2n) is 8.71. The molecule has 3 aromatic carbocycles. The number of halogens is 1. The highest BCUT2D eigenvalue weighted by molar-refractivity contribution is 7.14.